The highest BCUT2D eigenvalue weighted by atomic mass is 16.4. The molecule has 0 fully saturated rings. The van der Waals surface area contributed by atoms with Gasteiger partial charge >= 0.3 is 5.97 Å². The molecule has 6 heteroatoms. The first kappa shape index (κ1) is 9.71. The first-order chi connectivity index (χ1) is 8.16. The van der Waals surface area contributed by atoms with E-state index in [0.717, 1.165) is 6.20 Å². The van der Waals surface area contributed by atoms with E-state index in [1.54, 1.807) is 24.3 Å². The van der Waals surface area contributed by atoms with Crippen LogP contribution in [0.4, 0.5) is 5.69 Å². The molecule has 3 rings (SSSR count). The zero-order chi connectivity index (χ0) is 12.0. The molecule has 0 bridgehead atoms. The number of rotatable bonds is 1. The Hall–Kier alpha value is -2.50. The highest BCUT2D eigenvalue weighted by molar-refractivity contribution is 6.13. The molecule has 2 aliphatic heterocycles. The van der Waals surface area contributed by atoms with Gasteiger partial charge in [-0.2, -0.15) is 10.2 Å². The van der Waals surface area contributed by atoms with Crippen molar-refractivity contribution in [2.24, 2.45) is 10.2 Å². The predicted octanol–water partition coefficient (Wildman–Crippen LogP) is 1.27. The van der Waals surface area contributed by atoms with Crippen molar-refractivity contribution in [1.29, 1.82) is 0 Å². The van der Waals surface area contributed by atoms with Gasteiger partial charge in [0, 0.05) is 11.3 Å². The number of anilines is 1. The van der Waals surface area contributed by atoms with Gasteiger partial charge in [-0.1, -0.05) is 18.2 Å². The normalized spacial score (nSPS) is 24.7. The SMILES string of the molecule is O=C(O)C1=CN=NC12C(=O)Nc1ccccc12. The van der Waals surface area contributed by atoms with E-state index in [4.69, 9.17) is 5.11 Å². The second-order valence-corrected chi connectivity index (χ2v) is 3.77. The number of nitrogens with zero attached hydrogens (tertiary/aromatic N) is 2. The number of fused-ring (bicyclic) bond motifs is 2. The van der Waals surface area contributed by atoms with E-state index in [1.807, 2.05) is 0 Å². The van der Waals surface area contributed by atoms with Gasteiger partial charge < -0.3 is 10.4 Å². The lowest BCUT2D eigenvalue weighted by atomic mass is 9.85. The minimum Gasteiger partial charge on any atom is -0.478 e. The molecule has 1 spiro atoms. The Morgan fingerprint density at radius 1 is 1.35 bits per heavy atom. The molecule has 2 N–H and O–H groups in total. The van der Waals surface area contributed by atoms with Crippen molar-refractivity contribution in [3.05, 3.63) is 41.6 Å². The third-order valence-electron chi connectivity index (χ3n) is 2.91. The third kappa shape index (κ3) is 1.04. The summed E-state index contributed by atoms with van der Waals surface area (Å²) in [6, 6.07) is 6.87. The van der Waals surface area contributed by atoms with Gasteiger partial charge in [-0.3, -0.25) is 4.79 Å². The topological polar surface area (TPSA) is 91.1 Å². The van der Waals surface area contributed by atoms with Gasteiger partial charge in [0.1, 0.15) is 5.57 Å². The van der Waals surface area contributed by atoms with Crippen molar-refractivity contribution in [2.75, 3.05) is 5.32 Å². The highest BCUT2D eigenvalue weighted by Crippen LogP contribution is 2.46. The number of carboxylic acid groups (broad SMARTS) is 1. The number of para-hydroxylation sites is 1. The molecule has 2 aliphatic rings. The summed E-state index contributed by atoms with van der Waals surface area (Å²) in [5.41, 5.74) is -0.534. The van der Waals surface area contributed by atoms with Gasteiger partial charge in [0.25, 0.3) is 5.91 Å². The molecule has 1 amide bonds. The second kappa shape index (κ2) is 3.00. The molecular formula is C11H7N3O3. The molecule has 1 atom stereocenters. The maximum atomic E-state index is 12.0. The van der Waals surface area contributed by atoms with Crippen LogP contribution in [-0.2, 0) is 15.1 Å². The van der Waals surface area contributed by atoms with Crippen molar-refractivity contribution in [3.63, 3.8) is 0 Å². The molecule has 0 saturated heterocycles. The molecular weight excluding hydrogens is 222 g/mol. The molecule has 84 valence electrons. The maximum absolute atomic E-state index is 12.0. The number of carboxylic acids is 1. The summed E-state index contributed by atoms with van der Waals surface area (Å²) in [4.78, 5) is 23.2. The number of hydrogen-bond acceptors (Lipinski definition) is 4. The van der Waals surface area contributed by atoms with Crippen LogP contribution in [0.15, 0.2) is 46.3 Å². The van der Waals surface area contributed by atoms with Crippen molar-refractivity contribution >= 4 is 17.6 Å². The Morgan fingerprint density at radius 3 is 2.88 bits per heavy atom. The van der Waals surface area contributed by atoms with Crippen LogP contribution < -0.4 is 5.32 Å². The van der Waals surface area contributed by atoms with E-state index in [1.165, 1.54) is 0 Å². The molecule has 0 saturated carbocycles. The van der Waals surface area contributed by atoms with E-state index >= 15 is 0 Å². The predicted molar refractivity (Wildman–Crippen MR) is 57.3 cm³/mol. The van der Waals surface area contributed by atoms with Crippen molar-refractivity contribution in [2.45, 2.75) is 5.54 Å². The molecule has 17 heavy (non-hydrogen) atoms. The molecule has 0 aromatic heterocycles. The Kier molecular flexibility index (Phi) is 1.72. The molecule has 1 unspecified atom stereocenters. The number of azo groups is 1. The van der Waals surface area contributed by atoms with Gasteiger partial charge in [-0.05, 0) is 6.07 Å². The van der Waals surface area contributed by atoms with Crippen molar-refractivity contribution in [1.82, 2.24) is 0 Å². The summed E-state index contributed by atoms with van der Waals surface area (Å²) >= 11 is 0. The van der Waals surface area contributed by atoms with E-state index in [-0.39, 0.29) is 5.57 Å². The maximum Gasteiger partial charge on any atom is 0.336 e. The zero-order valence-electron chi connectivity index (χ0n) is 8.54. The Labute approximate surface area is 95.7 Å². The Morgan fingerprint density at radius 2 is 2.12 bits per heavy atom. The average Bonchev–Trinajstić information content (AvgIpc) is 2.85. The van der Waals surface area contributed by atoms with Crippen LogP contribution in [0.3, 0.4) is 0 Å². The molecule has 0 aliphatic carbocycles. The molecule has 1 aromatic carbocycles. The van der Waals surface area contributed by atoms with Crippen LogP contribution in [0, 0.1) is 0 Å². The minimum absolute atomic E-state index is 0.125. The van der Waals surface area contributed by atoms with Crippen LogP contribution in [0.25, 0.3) is 0 Å². The summed E-state index contributed by atoms with van der Waals surface area (Å²) < 4.78 is 0. The quantitative estimate of drug-likeness (QED) is 0.759. The Balaban J connectivity index is 2.28. The van der Waals surface area contributed by atoms with E-state index in [9.17, 15) is 9.59 Å². The number of nitrogens with one attached hydrogen (secondary N) is 1. The fourth-order valence-electron chi connectivity index (χ4n) is 2.14. The standard InChI is InChI=1S/C11H7N3O3/c15-9(16)7-5-12-14-11(7)6-3-1-2-4-8(6)13-10(11)17/h1-5H,(H,13,17)(H,15,16). The van der Waals surface area contributed by atoms with Gasteiger partial charge in [-0.25, -0.2) is 4.79 Å². The van der Waals surface area contributed by atoms with E-state index in [0.29, 0.717) is 11.3 Å². The first-order valence-corrected chi connectivity index (χ1v) is 4.93. The van der Waals surface area contributed by atoms with Crippen LogP contribution in [-0.4, -0.2) is 17.0 Å². The summed E-state index contributed by atoms with van der Waals surface area (Å²) in [5, 5.41) is 19.2. The summed E-state index contributed by atoms with van der Waals surface area (Å²) in [6.07, 6.45) is 1.12. The second-order valence-electron chi connectivity index (χ2n) is 3.77. The number of carbonyl (C=O) groups excluding carboxylic acids is 1. The van der Waals surface area contributed by atoms with Gasteiger partial charge in [0.2, 0.25) is 5.54 Å². The lowest BCUT2D eigenvalue weighted by Gasteiger charge is -2.17. The van der Waals surface area contributed by atoms with Crippen LogP contribution >= 0.6 is 0 Å². The lowest BCUT2D eigenvalue weighted by Crippen LogP contribution is -2.35. The number of amides is 1. The minimum atomic E-state index is -1.51. The number of hydrogen-bond donors (Lipinski definition) is 2. The van der Waals surface area contributed by atoms with Crippen LogP contribution in [0.1, 0.15) is 5.56 Å². The molecule has 2 heterocycles. The summed E-state index contributed by atoms with van der Waals surface area (Å²) in [5.74, 6) is -1.67. The fourth-order valence-corrected chi connectivity index (χ4v) is 2.14. The summed E-state index contributed by atoms with van der Waals surface area (Å²) in [6.45, 7) is 0. The largest absolute Gasteiger partial charge is 0.478 e. The Bertz CT molecular complexity index is 606. The molecule has 6 nitrogen and oxygen atoms in total. The van der Waals surface area contributed by atoms with Crippen molar-refractivity contribution < 1.29 is 14.7 Å². The van der Waals surface area contributed by atoms with Gasteiger partial charge in [0.15, 0.2) is 0 Å². The van der Waals surface area contributed by atoms with Crippen molar-refractivity contribution in [3.8, 4) is 0 Å². The third-order valence-corrected chi connectivity index (χ3v) is 2.91. The average molecular weight is 229 g/mol. The summed E-state index contributed by atoms with van der Waals surface area (Å²) in [7, 11) is 0. The highest BCUT2D eigenvalue weighted by Gasteiger charge is 2.54. The molecule has 0 radical (unpaired) electrons. The van der Waals surface area contributed by atoms with E-state index < -0.39 is 17.4 Å². The zero-order valence-corrected chi connectivity index (χ0v) is 8.54. The smallest absolute Gasteiger partial charge is 0.336 e. The monoisotopic (exact) mass is 229 g/mol. The van der Waals surface area contributed by atoms with Crippen LogP contribution in [0.5, 0.6) is 0 Å². The lowest BCUT2D eigenvalue weighted by molar-refractivity contribution is -0.135. The first-order valence-electron chi connectivity index (χ1n) is 4.93. The molecule has 1 aromatic rings. The van der Waals surface area contributed by atoms with Crippen LogP contribution in [0.2, 0.25) is 0 Å². The number of carbonyl (C=O) groups is 2. The number of benzene rings is 1. The fraction of sp³-hybridized carbons (Fsp3) is 0.0909. The number of aliphatic carboxylic acids is 1. The van der Waals surface area contributed by atoms with Gasteiger partial charge in [0.05, 0.1) is 6.20 Å². The van der Waals surface area contributed by atoms with E-state index in [2.05, 4.69) is 15.5 Å². The van der Waals surface area contributed by atoms with Gasteiger partial charge in [-0.15, -0.1) is 0 Å².